The fraction of sp³-hybridized carbons (Fsp3) is 0.250. The molecule has 0 atom stereocenters. The summed E-state index contributed by atoms with van der Waals surface area (Å²) in [6.45, 7) is 3.14. The summed E-state index contributed by atoms with van der Waals surface area (Å²) in [5.41, 5.74) is -0.0882. The molecule has 1 aliphatic rings. The predicted molar refractivity (Wildman–Crippen MR) is 75.6 cm³/mol. The van der Waals surface area contributed by atoms with E-state index in [9.17, 15) is 14.7 Å². The smallest absolute Gasteiger partial charge is 0.261 e. The van der Waals surface area contributed by atoms with Crippen LogP contribution in [0.15, 0.2) is 36.4 Å². The highest BCUT2D eigenvalue weighted by Crippen LogP contribution is 2.30. The Hall–Kier alpha value is -2.20. The first-order valence-electron chi connectivity index (χ1n) is 6.49. The summed E-state index contributed by atoms with van der Waals surface area (Å²) >= 11 is 0. The van der Waals surface area contributed by atoms with Crippen molar-refractivity contribution in [3.63, 3.8) is 0 Å². The first kappa shape index (κ1) is 12.8. The summed E-state index contributed by atoms with van der Waals surface area (Å²) in [5, 5.41) is 11.5. The molecule has 102 valence electrons. The highest BCUT2D eigenvalue weighted by molar-refractivity contribution is 6.25. The molecule has 0 aliphatic carbocycles. The van der Waals surface area contributed by atoms with Crippen molar-refractivity contribution in [2.24, 2.45) is 0 Å². The normalized spacial score (nSPS) is 15.1. The number of carbonyl (C=O) groups excluding carboxylic acids is 2. The summed E-state index contributed by atoms with van der Waals surface area (Å²) in [6, 6.07) is 10.8. The molecule has 0 radical (unpaired) electrons. The molecular weight excluding hydrogens is 254 g/mol. The van der Waals surface area contributed by atoms with Crippen molar-refractivity contribution in [1.29, 1.82) is 0 Å². The second kappa shape index (κ2) is 4.15. The minimum atomic E-state index is -1.12. The Morgan fingerprint density at radius 2 is 1.50 bits per heavy atom. The number of β-amino-alcohol motifs (C(OH)–C–C–N with tert-alkyl or cyclic N) is 1. The average molecular weight is 269 g/mol. The van der Waals surface area contributed by atoms with Crippen LogP contribution >= 0.6 is 0 Å². The summed E-state index contributed by atoms with van der Waals surface area (Å²) in [6.07, 6.45) is 0. The van der Waals surface area contributed by atoms with E-state index in [0.717, 1.165) is 10.3 Å². The summed E-state index contributed by atoms with van der Waals surface area (Å²) in [4.78, 5) is 26.1. The molecule has 3 rings (SSSR count). The minimum Gasteiger partial charge on any atom is -0.389 e. The third-order valence-corrected chi connectivity index (χ3v) is 3.40. The Bertz CT molecular complexity index is 677. The second-order valence-electron chi connectivity index (χ2n) is 5.72. The maximum absolute atomic E-state index is 12.5. The predicted octanol–water partition coefficient (Wildman–Crippen LogP) is 2.21. The van der Waals surface area contributed by atoms with Crippen LogP contribution in [0, 0.1) is 0 Å². The van der Waals surface area contributed by atoms with Gasteiger partial charge in [0.25, 0.3) is 11.8 Å². The van der Waals surface area contributed by atoms with Gasteiger partial charge in [-0.25, -0.2) is 0 Å². The van der Waals surface area contributed by atoms with E-state index in [1.165, 1.54) is 0 Å². The Morgan fingerprint density at radius 1 is 1.00 bits per heavy atom. The van der Waals surface area contributed by atoms with Crippen molar-refractivity contribution in [1.82, 2.24) is 4.90 Å². The third kappa shape index (κ3) is 1.89. The number of aliphatic hydroxyl groups is 1. The molecule has 2 amide bonds. The van der Waals surface area contributed by atoms with Crippen molar-refractivity contribution in [2.75, 3.05) is 6.54 Å². The number of benzene rings is 2. The van der Waals surface area contributed by atoms with Crippen molar-refractivity contribution in [2.45, 2.75) is 19.4 Å². The average Bonchev–Trinajstić information content (AvgIpc) is 2.39. The Labute approximate surface area is 116 Å². The number of nitrogens with zero attached hydrogens (tertiary/aromatic N) is 1. The van der Waals surface area contributed by atoms with E-state index in [1.807, 2.05) is 12.1 Å². The van der Waals surface area contributed by atoms with Gasteiger partial charge in [0.1, 0.15) is 0 Å². The number of carbonyl (C=O) groups is 2. The fourth-order valence-corrected chi connectivity index (χ4v) is 2.61. The van der Waals surface area contributed by atoms with Crippen LogP contribution in [-0.2, 0) is 0 Å². The van der Waals surface area contributed by atoms with Gasteiger partial charge in [0.2, 0.25) is 0 Å². The first-order valence-corrected chi connectivity index (χ1v) is 6.49. The topological polar surface area (TPSA) is 57.6 Å². The zero-order valence-electron chi connectivity index (χ0n) is 11.4. The molecule has 0 unspecified atom stereocenters. The molecule has 4 heteroatoms. The van der Waals surface area contributed by atoms with Crippen LogP contribution in [0.1, 0.15) is 34.6 Å². The van der Waals surface area contributed by atoms with Crippen molar-refractivity contribution in [3.05, 3.63) is 47.5 Å². The minimum absolute atomic E-state index is 0.0185. The maximum Gasteiger partial charge on any atom is 0.261 e. The van der Waals surface area contributed by atoms with Crippen molar-refractivity contribution in [3.8, 4) is 0 Å². The number of hydrogen-bond acceptors (Lipinski definition) is 3. The van der Waals surface area contributed by atoms with Gasteiger partial charge in [-0.3, -0.25) is 14.5 Å². The molecule has 0 saturated heterocycles. The molecule has 0 aromatic heterocycles. The van der Waals surface area contributed by atoms with Crippen LogP contribution in [0.3, 0.4) is 0 Å². The van der Waals surface area contributed by atoms with Gasteiger partial charge in [-0.05, 0) is 31.4 Å². The zero-order valence-corrected chi connectivity index (χ0v) is 11.4. The van der Waals surface area contributed by atoms with Gasteiger partial charge in [-0.15, -0.1) is 0 Å². The number of imide groups is 1. The SMILES string of the molecule is CC(C)(O)CN1C(=O)c2cccc3cccc(c23)C1=O. The van der Waals surface area contributed by atoms with E-state index in [4.69, 9.17) is 0 Å². The number of rotatable bonds is 2. The summed E-state index contributed by atoms with van der Waals surface area (Å²) in [7, 11) is 0. The van der Waals surface area contributed by atoms with E-state index >= 15 is 0 Å². The molecule has 1 aliphatic heterocycles. The largest absolute Gasteiger partial charge is 0.389 e. The van der Waals surface area contributed by atoms with Crippen LogP contribution in [0.25, 0.3) is 10.8 Å². The van der Waals surface area contributed by atoms with E-state index in [2.05, 4.69) is 0 Å². The summed E-state index contributed by atoms with van der Waals surface area (Å²) < 4.78 is 0. The monoisotopic (exact) mass is 269 g/mol. The van der Waals surface area contributed by atoms with Gasteiger partial charge >= 0.3 is 0 Å². The lowest BCUT2D eigenvalue weighted by atomic mass is 9.93. The molecule has 4 nitrogen and oxygen atoms in total. The molecule has 2 aromatic rings. The van der Waals surface area contributed by atoms with E-state index < -0.39 is 5.60 Å². The lowest BCUT2D eigenvalue weighted by molar-refractivity contribution is 0.0266. The highest BCUT2D eigenvalue weighted by atomic mass is 16.3. The quantitative estimate of drug-likeness (QED) is 0.850. The van der Waals surface area contributed by atoms with Gasteiger partial charge in [0, 0.05) is 16.5 Å². The van der Waals surface area contributed by atoms with Gasteiger partial charge in [0.15, 0.2) is 0 Å². The van der Waals surface area contributed by atoms with E-state index in [0.29, 0.717) is 16.5 Å². The van der Waals surface area contributed by atoms with Crippen molar-refractivity contribution >= 4 is 22.6 Å². The molecule has 0 saturated carbocycles. The molecule has 0 fully saturated rings. The lowest BCUT2D eigenvalue weighted by Crippen LogP contribution is -2.47. The van der Waals surface area contributed by atoms with Gasteiger partial charge < -0.3 is 5.11 Å². The van der Waals surface area contributed by atoms with Crippen LogP contribution in [0.4, 0.5) is 0 Å². The fourth-order valence-electron chi connectivity index (χ4n) is 2.61. The third-order valence-electron chi connectivity index (χ3n) is 3.40. The van der Waals surface area contributed by atoms with E-state index in [-0.39, 0.29) is 18.4 Å². The second-order valence-corrected chi connectivity index (χ2v) is 5.72. The molecule has 0 bridgehead atoms. The molecule has 1 N–H and O–H groups in total. The molecule has 20 heavy (non-hydrogen) atoms. The number of hydrogen-bond donors (Lipinski definition) is 1. The van der Waals surface area contributed by atoms with Gasteiger partial charge in [0.05, 0.1) is 12.1 Å². The first-order chi connectivity index (χ1) is 9.38. The molecule has 1 heterocycles. The molecular formula is C16H15NO3. The zero-order chi connectivity index (χ0) is 14.5. The maximum atomic E-state index is 12.5. The van der Waals surface area contributed by atoms with E-state index in [1.54, 1.807) is 38.1 Å². The highest BCUT2D eigenvalue weighted by Gasteiger charge is 2.35. The Morgan fingerprint density at radius 3 is 1.95 bits per heavy atom. The standard InChI is InChI=1S/C16H15NO3/c1-16(2,20)9-17-14(18)11-7-3-5-10-6-4-8-12(13(10)11)15(17)19/h3-8,20H,9H2,1-2H3. The molecule has 2 aromatic carbocycles. The molecule has 0 spiro atoms. The Balaban J connectivity index is 2.21. The lowest BCUT2D eigenvalue weighted by Gasteiger charge is -2.31. The van der Waals surface area contributed by atoms with Crippen LogP contribution in [0.5, 0.6) is 0 Å². The van der Waals surface area contributed by atoms with Crippen LogP contribution < -0.4 is 0 Å². The Kier molecular flexibility index (Phi) is 2.66. The van der Waals surface area contributed by atoms with Crippen LogP contribution in [-0.4, -0.2) is 34.0 Å². The van der Waals surface area contributed by atoms with Crippen molar-refractivity contribution < 1.29 is 14.7 Å². The van der Waals surface area contributed by atoms with Crippen LogP contribution in [0.2, 0.25) is 0 Å². The van der Waals surface area contributed by atoms with Gasteiger partial charge in [-0.1, -0.05) is 24.3 Å². The number of amides is 2. The van der Waals surface area contributed by atoms with Gasteiger partial charge in [-0.2, -0.15) is 0 Å². The summed E-state index contributed by atoms with van der Waals surface area (Å²) in [5.74, 6) is -0.692.